The van der Waals surface area contributed by atoms with Crippen molar-refractivity contribution in [2.45, 2.75) is 39.5 Å². The van der Waals surface area contributed by atoms with Crippen LogP contribution in [0.5, 0.6) is 0 Å². The summed E-state index contributed by atoms with van der Waals surface area (Å²) in [5.41, 5.74) is 6.18. The molecule has 1 aromatic carbocycles. The molecule has 148 valence electrons. The van der Waals surface area contributed by atoms with Gasteiger partial charge in [0.25, 0.3) is 0 Å². The molecular formula is C23H30N4O. The average Bonchev–Trinajstić information content (AvgIpc) is 3.21. The summed E-state index contributed by atoms with van der Waals surface area (Å²) in [6.45, 7) is 8.45. The van der Waals surface area contributed by atoms with E-state index in [1.165, 1.54) is 28.7 Å². The Morgan fingerprint density at radius 1 is 1.07 bits per heavy atom. The maximum Gasteiger partial charge on any atom is 0.236 e. The molecule has 1 saturated heterocycles. The van der Waals surface area contributed by atoms with E-state index in [2.05, 4.69) is 54.3 Å². The molecule has 0 saturated carbocycles. The number of rotatable bonds is 4. The summed E-state index contributed by atoms with van der Waals surface area (Å²) in [7, 11) is 0. The summed E-state index contributed by atoms with van der Waals surface area (Å²) in [5.74, 6) is 0.291. The second-order valence-electron chi connectivity index (χ2n) is 8.10. The van der Waals surface area contributed by atoms with E-state index in [9.17, 15) is 4.79 Å². The number of carbonyl (C=O) groups is 1. The van der Waals surface area contributed by atoms with Crippen molar-refractivity contribution < 1.29 is 4.79 Å². The van der Waals surface area contributed by atoms with Gasteiger partial charge in [0.05, 0.1) is 18.4 Å². The van der Waals surface area contributed by atoms with E-state index in [-0.39, 0.29) is 0 Å². The fourth-order valence-electron chi connectivity index (χ4n) is 4.05. The number of carbonyl (C=O) groups excluding carboxylic acids is 1. The molecule has 5 heteroatoms. The number of benzene rings is 1. The molecule has 0 unspecified atom stereocenters. The van der Waals surface area contributed by atoms with Crippen molar-refractivity contribution in [3.63, 3.8) is 0 Å². The minimum Gasteiger partial charge on any atom is -0.342 e. The van der Waals surface area contributed by atoms with Gasteiger partial charge in [-0.05, 0) is 68.4 Å². The van der Waals surface area contributed by atoms with E-state index < -0.39 is 0 Å². The molecule has 1 amide bonds. The molecule has 0 atom stereocenters. The monoisotopic (exact) mass is 378 g/mol. The molecule has 0 spiro atoms. The average molecular weight is 379 g/mol. The lowest BCUT2D eigenvalue weighted by Gasteiger charge is -2.31. The minimum absolute atomic E-state index is 0.291. The second-order valence-corrected chi connectivity index (χ2v) is 8.10. The zero-order chi connectivity index (χ0) is 19.5. The van der Waals surface area contributed by atoms with E-state index in [4.69, 9.17) is 0 Å². The maximum absolute atomic E-state index is 12.5. The Labute approximate surface area is 167 Å². The van der Waals surface area contributed by atoms with Crippen LogP contribution in [0.1, 0.15) is 42.4 Å². The van der Waals surface area contributed by atoms with Gasteiger partial charge in [0.1, 0.15) is 0 Å². The lowest BCUT2D eigenvalue weighted by Crippen LogP contribution is -2.43. The number of piperidine rings is 1. The molecule has 2 aliphatic rings. The lowest BCUT2D eigenvalue weighted by atomic mass is 10.0. The Kier molecular flexibility index (Phi) is 5.62. The van der Waals surface area contributed by atoms with E-state index in [1.807, 2.05) is 15.8 Å². The van der Waals surface area contributed by atoms with Gasteiger partial charge in [-0.3, -0.25) is 9.69 Å². The van der Waals surface area contributed by atoms with Crippen LogP contribution >= 0.6 is 0 Å². The molecule has 2 aromatic rings. The number of aryl methyl sites for hydroxylation is 2. The highest BCUT2D eigenvalue weighted by molar-refractivity contribution is 5.78. The highest BCUT2D eigenvalue weighted by Crippen LogP contribution is 2.23. The van der Waals surface area contributed by atoms with Gasteiger partial charge in [-0.15, -0.1) is 0 Å². The quantitative estimate of drug-likeness (QED) is 0.816. The van der Waals surface area contributed by atoms with Gasteiger partial charge in [0.2, 0.25) is 5.91 Å². The molecule has 28 heavy (non-hydrogen) atoms. The molecule has 5 nitrogen and oxygen atoms in total. The Morgan fingerprint density at radius 3 is 2.61 bits per heavy atom. The first kappa shape index (κ1) is 18.9. The van der Waals surface area contributed by atoms with Crippen LogP contribution in [0.3, 0.4) is 0 Å². The number of hydrogen-bond donors (Lipinski definition) is 0. The summed E-state index contributed by atoms with van der Waals surface area (Å²) >= 11 is 0. The Hall–Kier alpha value is -2.40. The third kappa shape index (κ3) is 4.20. The minimum atomic E-state index is 0.291. The first-order chi connectivity index (χ1) is 13.6. The molecule has 0 aliphatic carbocycles. The van der Waals surface area contributed by atoms with Crippen molar-refractivity contribution in [2.75, 3.05) is 32.7 Å². The topological polar surface area (TPSA) is 41.4 Å². The lowest BCUT2D eigenvalue weighted by molar-refractivity contribution is -0.133. The summed E-state index contributed by atoms with van der Waals surface area (Å²) in [5, 5.41) is 4.56. The summed E-state index contributed by atoms with van der Waals surface area (Å²) in [6, 6.07) is 6.43. The van der Waals surface area contributed by atoms with Gasteiger partial charge in [0.15, 0.2) is 0 Å². The highest BCUT2D eigenvalue weighted by atomic mass is 16.2. The van der Waals surface area contributed by atoms with E-state index in [0.717, 1.165) is 51.1 Å². The molecule has 4 rings (SSSR count). The van der Waals surface area contributed by atoms with Crippen molar-refractivity contribution >= 4 is 11.5 Å². The Bertz CT molecular complexity index is 876. The second kappa shape index (κ2) is 8.31. The zero-order valence-corrected chi connectivity index (χ0v) is 17.0. The van der Waals surface area contributed by atoms with Crippen molar-refractivity contribution in [3.8, 4) is 5.69 Å². The number of nitrogens with zero attached hydrogens (tertiary/aromatic N) is 4. The summed E-state index contributed by atoms with van der Waals surface area (Å²) in [4.78, 5) is 16.8. The van der Waals surface area contributed by atoms with E-state index in [0.29, 0.717) is 12.5 Å². The van der Waals surface area contributed by atoms with Crippen LogP contribution in [0.4, 0.5) is 0 Å². The van der Waals surface area contributed by atoms with E-state index in [1.54, 1.807) is 0 Å². The predicted octanol–water partition coefficient (Wildman–Crippen LogP) is 3.59. The number of likely N-dealkylation sites (tertiary alicyclic amines) is 1. The standard InChI is InChI=1S/C23H30N4O/c1-18-6-7-22(14-19(18)2)27-16-21(15-24-27)20-8-12-25(13-9-20)17-23(28)26-10-4-3-5-11-26/h6-8,14-16H,3-5,9-13,17H2,1-2H3. The molecule has 0 radical (unpaired) electrons. The smallest absolute Gasteiger partial charge is 0.236 e. The largest absolute Gasteiger partial charge is 0.342 e. The molecule has 1 fully saturated rings. The molecule has 2 aliphatic heterocycles. The summed E-state index contributed by atoms with van der Waals surface area (Å²) in [6.07, 6.45) is 10.9. The van der Waals surface area contributed by atoms with Crippen molar-refractivity contribution in [1.82, 2.24) is 19.6 Å². The van der Waals surface area contributed by atoms with Crippen LogP contribution < -0.4 is 0 Å². The highest BCUT2D eigenvalue weighted by Gasteiger charge is 2.21. The fourth-order valence-corrected chi connectivity index (χ4v) is 4.05. The first-order valence-electron chi connectivity index (χ1n) is 10.4. The van der Waals surface area contributed by atoms with Gasteiger partial charge < -0.3 is 4.90 Å². The summed E-state index contributed by atoms with van der Waals surface area (Å²) < 4.78 is 1.95. The van der Waals surface area contributed by atoms with Gasteiger partial charge >= 0.3 is 0 Å². The number of aromatic nitrogens is 2. The van der Waals surface area contributed by atoms with Crippen LogP contribution in [0.15, 0.2) is 36.7 Å². The maximum atomic E-state index is 12.5. The molecule has 1 aromatic heterocycles. The third-order valence-electron chi connectivity index (χ3n) is 6.07. The van der Waals surface area contributed by atoms with Crippen molar-refractivity contribution in [3.05, 3.63) is 53.4 Å². The van der Waals surface area contributed by atoms with Crippen LogP contribution in [0.2, 0.25) is 0 Å². The van der Waals surface area contributed by atoms with Crippen molar-refractivity contribution in [1.29, 1.82) is 0 Å². The fraction of sp³-hybridized carbons (Fsp3) is 0.478. The Morgan fingerprint density at radius 2 is 1.89 bits per heavy atom. The molecular weight excluding hydrogens is 348 g/mol. The van der Waals surface area contributed by atoms with Crippen LogP contribution in [-0.2, 0) is 4.79 Å². The SMILES string of the molecule is Cc1ccc(-n2cc(C3=CCN(CC(=O)N4CCCCC4)CC3)cn2)cc1C. The van der Waals surface area contributed by atoms with Crippen LogP contribution in [0.25, 0.3) is 11.3 Å². The zero-order valence-electron chi connectivity index (χ0n) is 17.0. The van der Waals surface area contributed by atoms with Crippen LogP contribution in [0, 0.1) is 13.8 Å². The van der Waals surface area contributed by atoms with Gasteiger partial charge in [-0.1, -0.05) is 12.1 Å². The van der Waals surface area contributed by atoms with E-state index >= 15 is 0 Å². The normalized spacial score (nSPS) is 18.2. The number of amides is 1. The van der Waals surface area contributed by atoms with Gasteiger partial charge in [-0.25, -0.2) is 4.68 Å². The molecule has 0 bridgehead atoms. The van der Waals surface area contributed by atoms with Crippen molar-refractivity contribution in [2.24, 2.45) is 0 Å². The molecule has 3 heterocycles. The Balaban J connectivity index is 1.38. The van der Waals surface area contributed by atoms with Crippen LogP contribution in [-0.4, -0.2) is 58.2 Å². The molecule has 0 N–H and O–H groups in total. The van der Waals surface area contributed by atoms with Gasteiger partial charge in [-0.2, -0.15) is 5.10 Å². The van der Waals surface area contributed by atoms with Gasteiger partial charge in [0, 0.05) is 37.9 Å². The number of hydrogen-bond acceptors (Lipinski definition) is 3. The predicted molar refractivity (Wildman–Crippen MR) is 113 cm³/mol. The third-order valence-corrected chi connectivity index (χ3v) is 6.07. The first-order valence-corrected chi connectivity index (χ1v) is 10.4.